The van der Waals surface area contributed by atoms with Gasteiger partial charge in [0.2, 0.25) is 0 Å². The van der Waals surface area contributed by atoms with Gasteiger partial charge in [0, 0.05) is 49.5 Å². The molecule has 3 heterocycles. The minimum atomic E-state index is -0.180. The molecule has 2 aromatic carbocycles. The van der Waals surface area contributed by atoms with Crippen molar-refractivity contribution < 1.29 is 19.1 Å². The van der Waals surface area contributed by atoms with E-state index >= 15 is 0 Å². The summed E-state index contributed by atoms with van der Waals surface area (Å²) in [7, 11) is 3.17. The monoisotopic (exact) mass is 483 g/mol. The molecule has 0 atom stereocenters. The van der Waals surface area contributed by atoms with E-state index in [1.54, 1.807) is 24.0 Å². The maximum atomic E-state index is 13.7. The summed E-state index contributed by atoms with van der Waals surface area (Å²) in [4.78, 5) is 42.8. The molecule has 0 saturated carbocycles. The van der Waals surface area contributed by atoms with Crippen molar-refractivity contribution in [2.75, 3.05) is 40.4 Å². The Kier molecular flexibility index (Phi) is 6.44. The van der Waals surface area contributed by atoms with Crippen LogP contribution in [0.3, 0.4) is 0 Å². The summed E-state index contributed by atoms with van der Waals surface area (Å²) >= 11 is 0. The number of para-hydroxylation sites is 1. The van der Waals surface area contributed by atoms with Crippen LogP contribution in [0.1, 0.15) is 20.8 Å². The number of carbonyl (C=O) groups excluding carboxylic acids is 2. The fraction of sp³-hybridized carbons (Fsp3) is 0.222. The number of pyridine rings is 1. The zero-order valence-electron chi connectivity index (χ0n) is 20.0. The molecule has 0 spiro atoms. The summed E-state index contributed by atoms with van der Waals surface area (Å²) < 4.78 is 10.8. The van der Waals surface area contributed by atoms with Gasteiger partial charge in [-0.25, -0.2) is 9.97 Å². The number of methoxy groups -OCH3 is 2. The highest BCUT2D eigenvalue weighted by Crippen LogP contribution is 2.33. The lowest BCUT2D eigenvalue weighted by atomic mass is 10.0. The Morgan fingerprint density at radius 2 is 1.56 bits per heavy atom. The van der Waals surface area contributed by atoms with Crippen molar-refractivity contribution in [3.8, 4) is 22.8 Å². The molecular weight excluding hydrogens is 458 g/mol. The maximum Gasteiger partial charge on any atom is 0.274 e. The first-order valence-corrected chi connectivity index (χ1v) is 11.6. The Morgan fingerprint density at radius 1 is 0.833 bits per heavy atom. The van der Waals surface area contributed by atoms with E-state index in [4.69, 9.17) is 14.5 Å². The van der Waals surface area contributed by atoms with Crippen LogP contribution in [0.2, 0.25) is 0 Å². The van der Waals surface area contributed by atoms with E-state index in [1.807, 2.05) is 48.5 Å². The predicted octanol–water partition coefficient (Wildman–Crippen LogP) is 3.31. The van der Waals surface area contributed by atoms with Crippen molar-refractivity contribution >= 4 is 22.7 Å². The fourth-order valence-electron chi connectivity index (χ4n) is 4.35. The Balaban J connectivity index is 1.43. The number of aromatic nitrogens is 3. The number of benzene rings is 2. The topological polar surface area (TPSA) is 97.8 Å². The second-order valence-corrected chi connectivity index (χ2v) is 8.32. The minimum Gasteiger partial charge on any atom is -0.493 e. The van der Waals surface area contributed by atoms with Crippen LogP contribution in [0, 0.1) is 0 Å². The molecule has 2 aromatic heterocycles. The van der Waals surface area contributed by atoms with Crippen LogP contribution in [0.15, 0.2) is 67.1 Å². The third-order valence-electron chi connectivity index (χ3n) is 6.26. The molecule has 0 aliphatic carbocycles. The van der Waals surface area contributed by atoms with E-state index in [1.165, 1.54) is 18.6 Å². The molecule has 5 rings (SSSR count). The summed E-state index contributed by atoms with van der Waals surface area (Å²) in [5.74, 6) is 0.927. The van der Waals surface area contributed by atoms with Crippen molar-refractivity contribution in [2.45, 2.75) is 0 Å². The predicted molar refractivity (Wildman–Crippen MR) is 134 cm³/mol. The summed E-state index contributed by atoms with van der Waals surface area (Å²) in [5.41, 5.74) is 3.07. The van der Waals surface area contributed by atoms with E-state index in [2.05, 4.69) is 9.97 Å². The number of carbonyl (C=O) groups is 2. The number of nitrogens with zero attached hydrogens (tertiary/aromatic N) is 5. The van der Waals surface area contributed by atoms with Crippen LogP contribution < -0.4 is 9.47 Å². The molecule has 0 radical (unpaired) electrons. The maximum absolute atomic E-state index is 13.7. The molecule has 1 saturated heterocycles. The zero-order valence-corrected chi connectivity index (χ0v) is 20.0. The van der Waals surface area contributed by atoms with E-state index < -0.39 is 0 Å². The van der Waals surface area contributed by atoms with Gasteiger partial charge in [0.25, 0.3) is 11.8 Å². The number of hydrogen-bond acceptors (Lipinski definition) is 7. The summed E-state index contributed by atoms with van der Waals surface area (Å²) in [6, 6.07) is 15.0. The van der Waals surface area contributed by atoms with Crippen LogP contribution in [-0.4, -0.2) is 77.0 Å². The lowest BCUT2D eigenvalue weighted by molar-refractivity contribution is 0.0533. The van der Waals surface area contributed by atoms with Gasteiger partial charge < -0.3 is 19.3 Å². The number of piperazine rings is 1. The number of ether oxygens (including phenoxy) is 2. The number of hydrogen-bond donors (Lipinski definition) is 0. The largest absolute Gasteiger partial charge is 0.493 e. The smallest absolute Gasteiger partial charge is 0.274 e. The standard InChI is InChI=1S/C27H25N5O4/c1-35-24-8-7-18(15-25(24)36-2)22-16-20(19-5-3-4-6-21(19)30-22)26(33)31-11-13-32(14-12-31)27(34)23-17-28-9-10-29-23/h3-10,15-17H,11-14H2,1-2H3. The van der Waals surface area contributed by atoms with Gasteiger partial charge in [-0.2, -0.15) is 0 Å². The first-order chi connectivity index (χ1) is 17.6. The molecule has 0 unspecified atom stereocenters. The minimum absolute atomic E-state index is 0.0954. The quantitative estimate of drug-likeness (QED) is 0.430. The summed E-state index contributed by atoms with van der Waals surface area (Å²) in [5, 5.41) is 0.782. The highest BCUT2D eigenvalue weighted by atomic mass is 16.5. The van der Waals surface area contributed by atoms with Gasteiger partial charge >= 0.3 is 0 Å². The van der Waals surface area contributed by atoms with Crippen LogP contribution in [0.5, 0.6) is 11.5 Å². The van der Waals surface area contributed by atoms with Crippen molar-refractivity contribution in [1.82, 2.24) is 24.8 Å². The van der Waals surface area contributed by atoms with Gasteiger partial charge in [-0.05, 0) is 30.3 Å². The Labute approximate surface area is 208 Å². The van der Waals surface area contributed by atoms with E-state index in [0.29, 0.717) is 54.6 Å². The second kappa shape index (κ2) is 9.99. The van der Waals surface area contributed by atoms with Gasteiger partial charge in [0.15, 0.2) is 11.5 Å². The first-order valence-electron chi connectivity index (χ1n) is 11.6. The molecule has 0 N–H and O–H groups in total. The van der Waals surface area contributed by atoms with Gasteiger partial charge in [0.1, 0.15) is 5.69 Å². The molecule has 4 aromatic rings. The molecule has 1 aliphatic heterocycles. The summed E-state index contributed by atoms with van der Waals surface area (Å²) in [6.07, 6.45) is 4.49. The highest BCUT2D eigenvalue weighted by molar-refractivity contribution is 6.07. The third-order valence-corrected chi connectivity index (χ3v) is 6.26. The number of amides is 2. The molecule has 1 fully saturated rings. The molecule has 2 amide bonds. The van der Waals surface area contributed by atoms with Gasteiger partial charge in [-0.3, -0.25) is 14.6 Å². The van der Waals surface area contributed by atoms with Crippen LogP contribution in [0.4, 0.5) is 0 Å². The second-order valence-electron chi connectivity index (χ2n) is 8.32. The Hall–Kier alpha value is -4.53. The van der Waals surface area contributed by atoms with Gasteiger partial charge in [-0.1, -0.05) is 18.2 Å². The van der Waals surface area contributed by atoms with E-state index in [-0.39, 0.29) is 11.8 Å². The molecule has 9 nitrogen and oxygen atoms in total. The summed E-state index contributed by atoms with van der Waals surface area (Å²) in [6.45, 7) is 1.69. The van der Waals surface area contributed by atoms with Gasteiger partial charge in [-0.15, -0.1) is 0 Å². The number of rotatable bonds is 5. The molecule has 9 heteroatoms. The normalized spacial score (nSPS) is 13.5. The SMILES string of the molecule is COc1ccc(-c2cc(C(=O)N3CCN(C(=O)c4cnccn4)CC3)c3ccccc3n2)cc1OC. The van der Waals surface area contributed by atoms with E-state index in [9.17, 15) is 9.59 Å². The fourth-order valence-corrected chi connectivity index (χ4v) is 4.35. The van der Waals surface area contributed by atoms with Crippen molar-refractivity contribution in [2.24, 2.45) is 0 Å². The molecule has 36 heavy (non-hydrogen) atoms. The first kappa shape index (κ1) is 23.2. The average Bonchev–Trinajstić information content (AvgIpc) is 2.96. The van der Waals surface area contributed by atoms with Gasteiger partial charge in [0.05, 0.1) is 37.2 Å². The molecule has 0 bridgehead atoms. The lowest BCUT2D eigenvalue weighted by Crippen LogP contribution is -2.50. The molecule has 182 valence electrons. The zero-order chi connectivity index (χ0) is 25.1. The third kappa shape index (κ3) is 4.43. The van der Waals surface area contributed by atoms with Crippen molar-refractivity contribution in [3.05, 3.63) is 78.4 Å². The number of fused-ring (bicyclic) bond motifs is 1. The van der Waals surface area contributed by atoms with Crippen molar-refractivity contribution in [3.63, 3.8) is 0 Å². The molecule has 1 aliphatic rings. The van der Waals surface area contributed by atoms with Crippen molar-refractivity contribution in [1.29, 1.82) is 0 Å². The van der Waals surface area contributed by atoms with Crippen LogP contribution in [-0.2, 0) is 0 Å². The molecular formula is C27H25N5O4. The average molecular weight is 484 g/mol. The highest BCUT2D eigenvalue weighted by Gasteiger charge is 2.27. The van der Waals surface area contributed by atoms with E-state index in [0.717, 1.165) is 16.5 Å². The lowest BCUT2D eigenvalue weighted by Gasteiger charge is -2.34. The van der Waals surface area contributed by atoms with Crippen LogP contribution in [0.25, 0.3) is 22.2 Å². The van der Waals surface area contributed by atoms with Crippen LogP contribution >= 0.6 is 0 Å². The Morgan fingerprint density at radius 3 is 2.25 bits per heavy atom. The Bertz CT molecular complexity index is 1420.